The van der Waals surface area contributed by atoms with Crippen molar-refractivity contribution in [1.29, 1.82) is 0 Å². The summed E-state index contributed by atoms with van der Waals surface area (Å²) in [7, 11) is 0. The molecule has 0 aliphatic rings. The summed E-state index contributed by atoms with van der Waals surface area (Å²) in [5.74, 6) is -0.569. The Labute approximate surface area is 170 Å². The first-order valence-corrected chi connectivity index (χ1v) is 9.78. The molecule has 0 radical (unpaired) electrons. The predicted molar refractivity (Wildman–Crippen MR) is 113 cm³/mol. The first-order chi connectivity index (χ1) is 14.0. The number of hydrazine groups is 1. The number of carbonyl (C=O) groups is 2. The molecule has 0 aliphatic carbocycles. The third-order valence-electron chi connectivity index (χ3n) is 4.98. The lowest BCUT2D eigenvalue weighted by Crippen LogP contribution is -2.41. The Bertz CT molecular complexity index is 992. The molecule has 0 spiro atoms. The number of rotatable bonds is 6. The molecule has 150 valence electrons. The quantitative estimate of drug-likeness (QED) is 0.633. The van der Waals surface area contributed by atoms with Gasteiger partial charge in [0, 0.05) is 17.7 Å². The number of aromatic nitrogens is 2. The van der Waals surface area contributed by atoms with Crippen LogP contribution in [0.2, 0.25) is 0 Å². The number of aryl methyl sites for hydroxylation is 2. The second kappa shape index (κ2) is 9.19. The van der Waals surface area contributed by atoms with Gasteiger partial charge in [-0.2, -0.15) is 5.10 Å². The van der Waals surface area contributed by atoms with Crippen LogP contribution in [0, 0.1) is 13.8 Å². The van der Waals surface area contributed by atoms with Gasteiger partial charge in [0.25, 0.3) is 5.91 Å². The van der Waals surface area contributed by atoms with Crippen LogP contribution in [0.5, 0.6) is 0 Å². The molecule has 2 amide bonds. The van der Waals surface area contributed by atoms with Crippen molar-refractivity contribution >= 4 is 11.8 Å². The molecule has 29 heavy (non-hydrogen) atoms. The summed E-state index contributed by atoms with van der Waals surface area (Å²) in [6.07, 6.45) is 1.73. The summed E-state index contributed by atoms with van der Waals surface area (Å²) < 4.78 is 1.89. The van der Waals surface area contributed by atoms with Gasteiger partial charge in [-0.25, -0.2) is 4.68 Å². The third-order valence-corrected chi connectivity index (χ3v) is 4.98. The lowest BCUT2D eigenvalue weighted by Gasteiger charge is -2.08. The second-order valence-corrected chi connectivity index (χ2v) is 6.95. The molecule has 3 rings (SSSR count). The highest BCUT2D eigenvalue weighted by Crippen LogP contribution is 2.19. The number of para-hydroxylation sites is 1. The Morgan fingerprint density at radius 1 is 0.966 bits per heavy atom. The Balaban J connectivity index is 1.55. The van der Waals surface area contributed by atoms with Gasteiger partial charge in [-0.3, -0.25) is 20.4 Å². The molecule has 0 bridgehead atoms. The molecule has 6 nitrogen and oxygen atoms in total. The fraction of sp³-hybridized carbons (Fsp3) is 0.261. The SMILES string of the molecule is CCc1ccc(C(=O)NNC(=O)CCc2c(C)nn(-c3ccccc3)c2C)cc1. The summed E-state index contributed by atoms with van der Waals surface area (Å²) >= 11 is 0. The maximum absolute atomic E-state index is 12.2. The van der Waals surface area contributed by atoms with Gasteiger partial charge < -0.3 is 0 Å². The number of nitrogens with zero attached hydrogens (tertiary/aromatic N) is 2. The molecule has 6 heteroatoms. The van der Waals surface area contributed by atoms with Gasteiger partial charge in [0.2, 0.25) is 5.91 Å². The number of carbonyl (C=O) groups excluding carboxylic acids is 2. The van der Waals surface area contributed by atoms with Crippen molar-refractivity contribution in [2.24, 2.45) is 0 Å². The van der Waals surface area contributed by atoms with Crippen molar-refractivity contribution in [3.63, 3.8) is 0 Å². The Kier molecular flexibility index (Phi) is 6.44. The van der Waals surface area contributed by atoms with Crippen LogP contribution in [0.3, 0.4) is 0 Å². The van der Waals surface area contributed by atoms with Crippen LogP contribution >= 0.6 is 0 Å². The van der Waals surface area contributed by atoms with E-state index >= 15 is 0 Å². The Morgan fingerprint density at radius 2 is 1.66 bits per heavy atom. The van der Waals surface area contributed by atoms with Crippen molar-refractivity contribution in [2.75, 3.05) is 0 Å². The van der Waals surface area contributed by atoms with Gasteiger partial charge in [0.1, 0.15) is 0 Å². The average Bonchev–Trinajstić information content (AvgIpc) is 3.04. The minimum Gasteiger partial charge on any atom is -0.273 e. The summed E-state index contributed by atoms with van der Waals surface area (Å²) in [5, 5.41) is 4.60. The smallest absolute Gasteiger partial charge is 0.269 e. The predicted octanol–water partition coefficient (Wildman–Crippen LogP) is 3.45. The molecule has 3 aromatic rings. The molecule has 0 atom stereocenters. The lowest BCUT2D eigenvalue weighted by molar-refractivity contribution is -0.121. The van der Waals surface area contributed by atoms with E-state index in [0.717, 1.165) is 34.6 Å². The summed E-state index contributed by atoms with van der Waals surface area (Å²) in [6.45, 7) is 6.01. The van der Waals surface area contributed by atoms with Gasteiger partial charge >= 0.3 is 0 Å². The number of hydrogen-bond acceptors (Lipinski definition) is 3. The van der Waals surface area contributed by atoms with Crippen molar-refractivity contribution in [3.05, 3.63) is 82.7 Å². The van der Waals surface area contributed by atoms with Gasteiger partial charge in [-0.05, 0) is 62.1 Å². The van der Waals surface area contributed by atoms with Crippen LogP contribution in [0.25, 0.3) is 5.69 Å². The van der Waals surface area contributed by atoms with Crippen molar-refractivity contribution in [2.45, 2.75) is 40.0 Å². The third kappa shape index (κ3) is 4.90. The molecule has 2 N–H and O–H groups in total. The van der Waals surface area contributed by atoms with Crippen LogP contribution in [0.15, 0.2) is 54.6 Å². The lowest BCUT2D eigenvalue weighted by atomic mass is 10.1. The summed E-state index contributed by atoms with van der Waals surface area (Å²) in [5.41, 5.74) is 10.6. The Morgan fingerprint density at radius 3 is 2.31 bits per heavy atom. The van der Waals surface area contributed by atoms with Crippen LogP contribution in [-0.4, -0.2) is 21.6 Å². The number of nitrogens with one attached hydrogen (secondary N) is 2. The molecule has 0 aliphatic heterocycles. The van der Waals surface area contributed by atoms with Crippen LogP contribution in [0.1, 0.15) is 46.2 Å². The molecule has 0 saturated carbocycles. The molecular formula is C23H26N4O2. The molecule has 0 saturated heterocycles. The minimum absolute atomic E-state index is 0.241. The van der Waals surface area contributed by atoms with E-state index in [1.165, 1.54) is 0 Å². The van der Waals surface area contributed by atoms with E-state index in [1.807, 2.05) is 61.0 Å². The van der Waals surface area contributed by atoms with E-state index in [4.69, 9.17) is 0 Å². The van der Waals surface area contributed by atoms with Crippen LogP contribution in [0.4, 0.5) is 0 Å². The molecule has 0 unspecified atom stereocenters. The average molecular weight is 390 g/mol. The Hall–Kier alpha value is -3.41. The largest absolute Gasteiger partial charge is 0.273 e. The highest BCUT2D eigenvalue weighted by Gasteiger charge is 2.14. The molecule has 0 fully saturated rings. The van der Waals surface area contributed by atoms with Gasteiger partial charge in [-0.15, -0.1) is 0 Å². The fourth-order valence-corrected chi connectivity index (χ4v) is 3.25. The monoisotopic (exact) mass is 390 g/mol. The zero-order valence-corrected chi connectivity index (χ0v) is 17.0. The van der Waals surface area contributed by atoms with Crippen molar-refractivity contribution in [1.82, 2.24) is 20.6 Å². The fourth-order valence-electron chi connectivity index (χ4n) is 3.25. The van der Waals surface area contributed by atoms with E-state index in [9.17, 15) is 9.59 Å². The van der Waals surface area contributed by atoms with E-state index in [-0.39, 0.29) is 18.2 Å². The van der Waals surface area contributed by atoms with Crippen LogP contribution in [-0.2, 0) is 17.6 Å². The van der Waals surface area contributed by atoms with E-state index < -0.39 is 0 Å². The highest BCUT2D eigenvalue weighted by atomic mass is 16.2. The zero-order valence-electron chi connectivity index (χ0n) is 17.0. The van der Waals surface area contributed by atoms with E-state index in [2.05, 4.69) is 22.9 Å². The second-order valence-electron chi connectivity index (χ2n) is 6.95. The van der Waals surface area contributed by atoms with E-state index in [0.29, 0.717) is 12.0 Å². The number of hydrogen-bond donors (Lipinski definition) is 2. The van der Waals surface area contributed by atoms with Crippen molar-refractivity contribution < 1.29 is 9.59 Å². The molecule has 2 aromatic carbocycles. The highest BCUT2D eigenvalue weighted by molar-refractivity contribution is 5.95. The van der Waals surface area contributed by atoms with E-state index in [1.54, 1.807) is 12.1 Å². The molecule has 1 aromatic heterocycles. The number of benzene rings is 2. The zero-order chi connectivity index (χ0) is 20.8. The maximum atomic E-state index is 12.2. The molecule has 1 heterocycles. The minimum atomic E-state index is -0.328. The summed E-state index contributed by atoms with van der Waals surface area (Å²) in [4.78, 5) is 24.4. The number of amides is 2. The first-order valence-electron chi connectivity index (χ1n) is 9.78. The first kappa shape index (κ1) is 20.3. The van der Waals surface area contributed by atoms with Gasteiger partial charge in [0.15, 0.2) is 0 Å². The van der Waals surface area contributed by atoms with Crippen molar-refractivity contribution in [3.8, 4) is 5.69 Å². The summed E-state index contributed by atoms with van der Waals surface area (Å²) in [6, 6.07) is 17.2. The topological polar surface area (TPSA) is 76.0 Å². The normalized spacial score (nSPS) is 10.6. The van der Waals surface area contributed by atoms with Gasteiger partial charge in [0.05, 0.1) is 11.4 Å². The van der Waals surface area contributed by atoms with Gasteiger partial charge in [-0.1, -0.05) is 37.3 Å². The molecular weight excluding hydrogens is 364 g/mol. The maximum Gasteiger partial charge on any atom is 0.269 e. The standard InChI is InChI=1S/C23H26N4O2/c1-4-18-10-12-19(13-11-18)23(29)25-24-22(28)15-14-21-16(2)26-27(17(21)3)20-8-6-5-7-9-20/h5-13H,4,14-15H2,1-3H3,(H,24,28)(H,25,29). The van der Waals surface area contributed by atoms with Crippen LogP contribution < -0.4 is 10.9 Å².